The molecule has 2 aliphatic heterocycles. The Balaban J connectivity index is 1.95. The topological polar surface area (TPSA) is 6.48 Å². The Labute approximate surface area is 81.9 Å². The predicted octanol–water partition coefficient (Wildman–Crippen LogP) is 1.42. The summed E-state index contributed by atoms with van der Waals surface area (Å²) in [5, 5.41) is 0. The quantitative estimate of drug-likeness (QED) is 0.605. The minimum atomic E-state index is 0.742. The van der Waals surface area contributed by atoms with Crippen molar-refractivity contribution in [2.45, 2.75) is 38.8 Å². The summed E-state index contributed by atoms with van der Waals surface area (Å²) in [5.41, 5.74) is 0. The molecule has 0 aromatic rings. The van der Waals surface area contributed by atoms with Crippen molar-refractivity contribution < 1.29 is 0 Å². The van der Waals surface area contributed by atoms with Crippen LogP contribution in [0.15, 0.2) is 0 Å². The van der Waals surface area contributed by atoms with Gasteiger partial charge in [0.15, 0.2) is 0 Å². The third-order valence-electron chi connectivity index (χ3n) is 3.87. The van der Waals surface area contributed by atoms with Gasteiger partial charge in [-0.05, 0) is 52.7 Å². The number of likely N-dealkylation sites (tertiary alicyclic amines) is 2. The van der Waals surface area contributed by atoms with Gasteiger partial charge < -0.3 is 9.80 Å². The summed E-state index contributed by atoms with van der Waals surface area (Å²) in [7, 11) is 2.29. The fraction of sp³-hybridized carbons (Fsp3) is 1.00. The van der Waals surface area contributed by atoms with Crippen LogP contribution in [0.1, 0.15) is 26.7 Å². The molecule has 0 radical (unpaired) electrons. The van der Waals surface area contributed by atoms with Crippen LogP contribution in [0.2, 0.25) is 0 Å². The van der Waals surface area contributed by atoms with Crippen molar-refractivity contribution in [2.24, 2.45) is 5.92 Å². The van der Waals surface area contributed by atoms with E-state index in [0.29, 0.717) is 0 Å². The molecule has 0 spiro atoms. The van der Waals surface area contributed by atoms with Gasteiger partial charge in [-0.15, -0.1) is 0 Å². The van der Waals surface area contributed by atoms with Crippen molar-refractivity contribution in [2.75, 3.05) is 26.7 Å². The lowest BCUT2D eigenvalue weighted by molar-refractivity contribution is 0.100. The van der Waals surface area contributed by atoms with Crippen LogP contribution in [-0.2, 0) is 0 Å². The van der Waals surface area contributed by atoms with Gasteiger partial charge in [0.05, 0.1) is 0 Å². The zero-order chi connectivity index (χ0) is 9.42. The van der Waals surface area contributed by atoms with Crippen LogP contribution in [0, 0.1) is 5.92 Å². The molecule has 0 unspecified atom stereocenters. The summed E-state index contributed by atoms with van der Waals surface area (Å²) >= 11 is 0. The van der Waals surface area contributed by atoms with Gasteiger partial charge in [0.25, 0.3) is 0 Å². The first kappa shape index (κ1) is 9.47. The van der Waals surface area contributed by atoms with E-state index >= 15 is 0 Å². The van der Waals surface area contributed by atoms with E-state index in [1.54, 1.807) is 0 Å². The molecule has 0 aromatic carbocycles. The van der Waals surface area contributed by atoms with Crippen LogP contribution < -0.4 is 0 Å². The second kappa shape index (κ2) is 3.58. The summed E-state index contributed by atoms with van der Waals surface area (Å²) in [6.07, 6.45) is 2.81. The summed E-state index contributed by atoms with van der Waals surface area (Å²) in [4.78, 5) is 5.20. The van der Waals surface area contributed by atoms with Crippen LogP contribution >= 0.6 is 0 Å². The van der Waals surface area contributed by atoms with E-state index in [1.807, 2.05) is 0 Å². The lowest BCUT2D eigenvalue weighted by atomic mass is 9.92. The molecule has 0 N–H and O–H groups in total. The Hall–Kier alpha value is -0.0800. The molecule has 76 valence electrons. The van der Waals surface area contributed by atoms with Gasteiger partial charge in [0.2, 0.25) is 0 Å². The third-order valence-corrected chi connectivity index (χ3v) is 3.87. The van der Waals surface area contributed by atoms with Crippen LogP contribution in [0.3, 0.4) is 0 Å². The molecular weight excluding hydrogens is 160 g/mol. The molecule has 2 heteroatoms. The van der Waals surface area contributed by atoms with Gasteiger partial charge >= 0.3 is 0 Å². The second-order valence-electron chi connectivity index (χ2n) is 4.97. The molecule has 0 aliphatic carbocycles. The molecule has 2 fully saturated rings. The maximum atomic E-state index is 2.64. The monoisotopic (exact) mass is 182 g/mol. The third kappa shape index (κ3) is 1.75. The van der Waals surface area contributed by atoms with E-state index in [4.69, 9.17) is 0 Å². The van der Waals surface area contributed by atoms with Crippen molar-refractivity contribution in [3.8, 4) is 0 Å². The van der Waals surface area contributed by atoms with Gasteiger partial charge in [-0.1, -0.05) is 0 Å². The minimum absolute atomic E-state index is 0.742. The van der Waals surface area contributed by atoms with Gasteiger partial charge in [-0.3, -0.25) is 0 Å². The number of rotatable bonds is 1. The SMILES string of the molecule is CC(C)N1CC[C@H]2[C@H](CCN2C)C1. The number of hydrogen-bond donors (Lipinski definition) is 0. The second-order valence-corrected chi connectivity index (χ2v) is 4.97. The molecule has 2 aliphatic rings. The van der Waals surface area contributed by atoms with Crippen LogP contribution in [0.5, 0.6) is 0 Å². The van der Waals surface area contributed by atoms with E-state index in [9.17, 15) is 0 Å². The normalized spacial score (nSPS) is 36.9. The average molecular weight is 182 g/mol. The van der Waals surface area contributed by atoms with E-state index in [2.05, 4.69) is 30.7 Å². The first-order valence-corrected chi connectivity index (χ1v) is 5.63. The van der Waals surface area contributed by atoms with E-state index in [0.717, 1.165) is 18.0 Å². The number of fused-ring (bicyclic) bond motifs is 1. The van der Waals surface area contributed by atoms with Crippen molar-refractivity contribution in [1.82, 2.24) is 9.80 Å². The Morgan fingerprint density at radius 2 is 1.92 bits per heavy atom. The van der Waals surface area contributed by atoms with E-state index in [-0.39, 0.29) is 0 Å². The smallest absolute Gasteiger partial charge is 0.0145 e. The maximum Gasteiger partial charge on any atom is 0.0145 e. The molecule has 0 aromatic heterocycles. The molecule has 2 heterocycles. The lowest BCUT2D eigenvalue weighted by Crippen LogP contribution is -2.47. The van der Waals surface area contributed by atoms with E-state index in [1.165, 1.54) is 32.5 Å². The predicted molar refractivity (Wildman–Crippen MR) is 55.9 cm³/mol. The Kier molecular flexibility index (Phi) is 2.61. The number of nitrogens with zero attached hydrogens (tertiary/aromatic N) is 2. The molecule has 13 heavy (non-hydrogen) atoms. The first-order valence-electron chi connectivity index (χ1n) is 5.63. The van der Waals surface area contributed by atoms with Crippen molar-refractivity contribution in [1.29, 1.82) is 0 Å². The highest BCUT2D eigenvalue weighted by Crippen LogP contribution is 2.30. The molecule has 2 rings (SSSR count). The molecular formula is C11H22N2. The minimum Gasteiger partial charge on any atom is -0.303 e. The fourth-order valence-electron chi connectivity index (χ4n) is 2.92. The molecule has 2 nitrogen and oxygen atoms in total. The average Bonchev–Trinajstić information content (AvgIpc) is 2.47. The van der Waals surface area contributed by atoms with Crippen LogP contribution in [0.4, 0.5) is 0 Å². The summed E-state index contributed by atoms with van der Waals surface area (Å²) in [5.74, 6) is 0.959. The van der Waals surface area contributed by atoms with Crippen molar-refractivity contribution in [3.63, 3.8) is 0 Å². The summed E-state index contributed by atoms with van der Waals surface area (Å²) < 4.78 is 0. The zero-order valence-electron chi connectivity index (χ0n) is 9.16. The Bertz CT molecular complexity index is 179. The van der Waals surface area contributed by atoms with Crippen molar-refractivity contribution >= 4 is 0 Å². The van der Waals surface area contributed by atoms with Crippen LogP contribution in [0.25, 0.3) is 0 Å². The van der Waals surface area contributed by atoms with Crippen molar-refractivity contribution in [3.05, 3.63) is 0 Å². The number of hydrogen-bond acceptors (Lipinski definition) is 2. The number of piperidine rings is 1. The summed E-state index contributed by atoms with van der Waals surface area (Å²) in [6, 6.07) is 1.64. The standard InChI is InChI=1S/C11H22N2/c1-9(2)13-7-5-11-10(8-13)4-6-12(11)3/h9-11H,4-8H2,1-3H3/t10-,11+/m1/s1. The van der Waals surface area contributed by atoms with Gasteiger partial charge in [-0.2, -0.15) is 0 Å². The molecule has 0 bridgehead atoms. The zero-order valence-corrected chi connectivity index (χ0v) is 9.16. The van der Waals surface area contributed by atoms with Gasteiger partial charge in [0.1, 0.15) is 0 Å². The highest BCUT2D eigenvalue weighted by atomic mass is 15.2. The van der Waals surface area contributed by atoms with Gasteiger partial charge in [-0.25, -0.2) is 0 Å². The first-order chi connectivity index (χ1) is 6.18. The fourth-order valence-corrected chi connectivity index (χ4v) is 2.92. The highest BCUT2D eigenvalue weighted by Gasteiger charge is 2.36. The maximum absolute atomic E-state index is 2.64. The Morgan fingerprint density at radius 1 is 1.15 bits per heavy atom. The lowest BCUT2D eigenvalue weighted by Gasteiger charge is -2.39. The molecule has 0 amide bonds. The molecule has 2 saturated heterocycles. The largest absolute Gasteiger partial charge is 0.303 e. The Morgan fingerprint density at radius 3 is 2.62 bits per heavy atom. The molecule has 0 saturated carbocycles. The highest BCUT2D eigenvalue weighted by molar-refractivity contribution is 4.91. The summed E-state index contributed by atoms with van der Waals surface area (Å²) in [6.45, 7) is 8.61. The van der Waals surface area contributed by atoms with E-state index < -0.39 is 0 Å². The van der Waals surface area contributed by atoms with Crippen LogP contribution in [-0.4, -0.2) is 48.6 Å². The molecule has 2 atom stereocenters. The van der Waals surface area contributed by atoms with Gasteiger partial charge in [0, 0.05) is 18.6 Å².